The van der Waals surface area contributed by atoms with Gasteiger partial charge in [0.2, 0.25) is 0 Å². The smallest absolute Gasteiger partial charge is 0.323 e. The lowest BCUT2D eigenvalue weighted by atomic mass is 9.90. The van der Waals surface area contributed by atoms with Crippen LogP contribution >= 0.6 is 27.7 Å². The molecule has 0 aromatic heterocycles. The third-order valence-electron chi connectivity index (χ3n) is 3.57. The Hall–Kier alpha value is -0.520. The van der Waals surface area contributed by atoms with Crippen molar-refractivity contribution in [2.24, 2.45) is 0 Å². The van der Waals surface area contributed by atoms with Crippen LogP contribution in [0.25, 0.3) is 0 Å². The van der Waals surface area contributed by atoms with E-state index in [-0.39, 0.29) is 0 Å². The molecule has 118 valence electrons. The number of carboxylic acids is 1. The normalized spacial score (nSPS) is 13.9. The minimum atomic E-state index is -0.773. The van der Waals surface area contributed by atoms with Gasteiger partial charge in [-0.05, 0) is 66.0 Å². The topological polar surface area (TPSA) is 49.3 Å². The monoisotopic (exact) mass is 373 g/mol. The van der Waals surface area contributed by atoms with Crippen molar-refractivity contribution in [3.63, 3.8) is 0 Å². The van der Waals surface area contributed by atoms with Crippen LogP contribution in [0.4, 0.5) is 0 Å². The van der Waals surface area contributed by atoms with Crippen LogP contribution in [-0.2, 0) is 4.79 Å². The average molecular weight is 374 g/mol. The summed E-state index contributed by atoms with van der Waals surface area (Å²) in [5.74, 6) is 0.190. The molecule has 1 aromatic rings. The maximum Gasteiger partial charge on any atom is 0.323 e. The average Bonchev–Trinajstić information content (AvgIpc) is 2.48. The van der Waals surface area contributed by atoms with Crippen molar-refractivity contribution in [3.8, 4) is 0 Å². The van der Waals surface area contributed by atoms with Crippen LogP contribution < -0.4 is 5.32 Å². The third kappa shape index (κ3) is 5.64. The fraction of sp³-hybridized carbons (Fsp3) is 0.562. The molecule has 0 spiro atoms. The molecule has 1 unspecified atom stereocenters. The molecular formula is C16H24BrNO2S. The number of hydrogen-bond acceptors (Lipinski definition) is 3. The van der Waals surface area contributed by atoms with Gasteiger partial charge < -0.3 is 10.4 Å². The van der Waals surface area contributed by atoms with E-state index in [0.717, 1.165) is 29.6 Å². The molecule has 1 rings (SSSR count). The second-order valence-electron chi connectivity index (χ2n) is 5.05. The van der Waals surface area contributed by atoms with Gasteiger partial charge in [0.15, 0.2) is 0 Å². The van der Waals surface area contributed by atoms with Gasteiger partial charge in [0.25, 0.3) is 0 Å². The minimum absolute atomic E-state index is 0.613. The fourth-order valence-electron chi connectivity index (χ4n) is 2.21. The molecule has 0 aliphatic carbocycles. The fourth-order valence-corrected chi connectivity index (χ4v) is 3.72. The standard InChI is InChI=1S/C16H24BrNO2S/c1-3-11-18-16(4-2,15(19)20)10-7-12-21-14-9-6-5-8-13(14)17/h5-6,8-9,18H,3-4,7,10-12H2,1-2H3,(H,19,20). The molecule has 21 heavy (non-hydrogen) atoms. The number of carboxylic acid groups (broad SMARTS) is 1. The van der Waals surface area contributed by atoms with Crippen LogP contribution in [-0.4, -0.2) is 28.9 Å². The first kappa shape index (κ1) is 18.5. The van der Waals surface area contributed by atoms with E-state index in [4.69, 9.17) is 0 Å². The highest BCUT2D eigenvalue weighted by molar-refractivity contribution is 9.10. The molecule has 1 atom stereocenters. The van der Waals surface area contributed by atoms with Gasteiger partial charge in [-0.2, -0.15) is 0 Å². The highest BCUT2D eigenvalue weighted by Gasteiger charge is 2.35. The van der Waals surface area contributed by atoms with Gasteiger partial charge in [0, 0.05) is 9.37 Å². The summed E-state index contributed by atoms with van der Waals surface area (Å²) in [4.78, 5) is 12.8. The van der Waals surface area contributed by atoms with Gasteiger partial charge in [0.05, 0.1) is 0 Å². The Kier molecular flexibility index (Phi) is 8.37. The molecular weight excluding hydrogens is 350 g/mol. The summed E-state index contributed by atoms with van der Waals surface area (Å²) in [7, 11) is 0. The van der Waals surface area contributed by atoms with Crippen molar-refractivity contribution >= 4 is 33.7 Å². The van der Waals surface area contributed by atoms with Crippen LogP contribution in [0, 0.1) is 0 Å². The minimum Gasteiger partial charge on any atom is -0.480 e. The van der Waals surface area contributed by atoms with Crippen molar-refractivity contribution in [1.82, 2.24) is 5.32 Å². The summed E-state index contributed by atoms with van der Waals surface area (Å²) >= 11 is 5.30. The van der Waals surface area contributed by atoms with Crippen LogP contribution in [0.15, 0.2) is 33.6 Å². The molecule has 1 aromatic carbocycles. The van der Waals surface area contributed by atoms with E-state index in [1.807, 2.05) is 25.1 Å². The van der Waals surface area contributed by atoms with E-state index in [1.165, 1.54) is 4.90 Å². The number of benzene rings is 1. The molecule has 0 saturated carbocycles. The van der Waals surface area contributed by atoms with Crippen molar-refractivity contribution in [2.45, 2.75) is 50.0 Å². The molecule has 0 saturated heterocycles. The van der Waals surface area contributed by atoms with Crippen LogP contribution in [0.2, 0.25) is 0 Å². The summed E-state index contributed by atoms with van der Waals surface area (Å²) in [6.07, 6.45) is 3.10. The Bertz CT molecular complexity index is 456. The highest BCUT2D eigenvalue weighted by atomic mass is 79.9. The van der Waals surface area contributed by atoms with Gasteiger partial charge in [-0.1, -0.05) is 26.0 Å². The molecule has 0 aliphatic heterocycles. The van der Waals surface area contributed by atoms with Crippen molar-refractivity contribution in [3.05, 3.63) is 28.7 Å². The van der Waals surface area contributed by atoms with Crippen molar-refractivity contribution in [2.75, 3.05) is 12.3 Å². The van der Waals surface area contributed by atoms with Gasteiger partial charge >= 0.3 is 5.97 Å². The molecule has 3 nitrogen and oxygen atoms in total. The summed E-state index contributed by atoms with van der Waals surface area (Å²) < 4.78 is 1.10. The molecule has 0 fully saturated rings. The van der Waals surface area contributed by atoms with Crippen LogP contribution in [0.1, 0.15) is 39.5 Å². The zero-order chi connectivity index (χ0) is 15.7. The molecule has 2 N–H and O–H groups in total. The Labute approximate surface area is 140 Å². The largest absolute Gasteiger partial charge is 0.480 e. The number of halogens is 1. The molecule has 0 amide bonds. The molecule has 5 heteroatoms. The molecule has 0 bridgehead atoms. The Morgan fingerprint density at radius 3 is 2.67 bits per heavy atom. The summed E-state index contributed by atoms with van der Waals surface area (Å²) in [5.41, 5.74) is -0.773. The van der Waals surface area contributed by atoms with E-state index in [2.05, 4.69) is 34.2 Å². The number of nitrogens with one attached hydrogen (secondary N) is 1. The van der Waals surface area contributed by atoms with Gasteiger partial charge in [-0.15, -0.1) is 11.8 Å². The first-order valence-corrected chi connectivity index (χ1v) is 9.19. The van der Waals surface area contributed by atoms with Gasteiger partial charge in [0.1, 0.15) is 5.54 Å². The lowest BCUT2D eigenvalue weighted by Gasteiger charge is -2.29. The Balaban J connectivity index is 2.50. The summed E-state index contributed by atoms with van der Waals surface area (Å²) in [5, 5.41) is 12.8. The van der Waals surface area contributed by atoms with E-state index in [1.54, 1.807) is 11.8 Å². The number of carbonyl (C=O) groups is 1. The highest BCUT2D eigenvalue weighted by Crippen LogP contribution is 2.29. The molecule has 0 radical (unpaired) electrons. The Morgan fingerprint density at radius 1 is 1.38 bits per heavy atom. The second-order valence-corrected chi connectivity index (χ2v) is 7.04. The Morgan fingerprint density at radius 2 is 2.10 bits per heavy atom. The van der Waals surface area contributed by atoms with E-state index < -0.39 is 11.5 Å². The maximum absolute atomic E-state index is 11.6. The summed E-state index contributed by atoms with van der Waals surface area (Å²) in [6.45, 7) is 4.74. The van der Waals surface area contributed by atoms with Crippen molar-refractivity contribution in [1.29, 1.82) is 0 Å². The third-order valence-corrected chi connectivity index (χ3v) is 5.68. The lowest BCUT2D eigenvalue weighted by molar-refractivity contribution is -0.145. The zero-order valence-electron chi connectivity index (χ0n) is 12.7. The molecule has 0 heterocycles. The summed E-state index contributed by atoms with van der Waals surface area (Å²) in [6, 6.07) is 8.12. The van der Waals surface area contributed by atoms with E-state index in [0.29, 0.717) is 12.8 Å². The van der Waals surface area contributed by atoms with Crippen LogP contribution in [0.3, 0.4) is 0 Å². The van der Waals surface area contributed by atoms with Crippen molar-refractivity contribution < 1.29 is 9.90 Å². The predicted molar refractivity (Wildman–Crippen MR) is 93.1 cm³/mol. The zero-order valence-corrected chi connectivity index (χ0v) is 15.1. The van der Waals surface area contributed by atoms with Gasteiger partial charge in [-0.3, -0.25) is 4.79 Å². The first-order valence-electron chi connectivity index (χ1n) is 7.41. The van der Waals surface area contributed by atoms with E-state index >= 15 is 0 Å². The number of aliphatic carboxylic acids is 1. The molecule has 0 aliphatic rings. The SMILES string of the molecule is CCCNC(CC)(CCCSc1ccccc1Br)C(=O)O. The first-order chi connectivity index (χ1) is 10.1. The maximum atomic E-state index is 11.6. The lowest BCUT2D eigenvalue weighted by Crippen LogP contribution is -2.52. The predicted octanol–water partition coefficient (Wildman–Crippen LogP) is 4.55. The van der Waals surface area contributed by atoms with Crippen LogP contribution in [0.5, 0.6) is 0 Å². The second kappa shape index (κ2) is 9.49. The van der Waals surface area contributed by atoms with Gasteiger partial charge in [-0.25, -0.2) is 0 Å². The number of thioether (sulfide) groups is 1. The van der Waals surface area contributed by atoms with E-state index in [9.17, 15) is 9.90 Å². The quantitative estimate of drug-likeness (QED) is 0.466. The number of rotatable bonds is 10. The number of hydrogen-bond donors (Lipinski definition) is 2.